The van der Waals surface area contributed by atoms with Gasteiger partial charge in [0.15, 0.2) is 0 Å². The van der Waals surface area contributed by atoms with Crippen molar-refractivity contribution in [1.82, 2.24) is 10.6 Å². The fraction of sp³-hybridized carbons (Fsp3) is 1.00. The first-order valence-corrected chi connectivity index (χ1v) is 5.47. The van der Waals surface area contributed by atoms with Crippen LogP contribution in [-0.2, 0) is 0 Å². The van der Waals surface area contributed by atoms with Crippen LogP contribution in [0.4, 0.5) is 0 Å². The fourth-order valence-electron chi connectivity index (χ4n) is 1.89. The molecule has 2 N–H and O–H groups in total. The number of hydrogen-bond donors (Lipinski definition) is 2. The van der Waals surface area contributed by atoms with Crippen LogP contribution in [0.2, 0.25) is 0 Å². The molecule has 0 spiro atoms. The Morgan fingerprint density at radius 3 is 2.08 bits per heavy atom. The van der Waals surface area contributed by atoms with Crippen molar-refractivity contribution in [1.29, 1.82) is 0 Å². The van der Waals surface area contributed by atoms with Gasteiger partial charge in [-0.25, -0.2) is 0 Å². The van der Waals surface area contributed by atoms with Crippen LogP contribution in [0.15, 0.2) is 0 Å². The third-order valence-electron chi connectivity index (χ3n) is 2.66. The van der Waals surface area contributed by atoms with Crippen LogP contribution in [0.3, 0.4) is 0 Å². The van der Waals surface area contributed by atoms with E-state index in [1.54, 1.807) is 0 Å². The molecule has 2 heteroatoms. The lowest BCUT2D eigenvalue weighted by atomic mass is 9.90. The maximum absolute atomic E-state index is 3.43. The van der Waals surface area contributed by atoms with Crippen molar-refractivity contribution in [3.63, 3.8) is 0 Å². The summed E-state index contributed by atoms with van der Waals surface area (Å²) < 4.78 is 0. The molecule has 0 heterocycles. The summed E-state index contributed by atoms with van der Waals surface area (Å²) in [6.07, 6.45) is 2.52. The number of rotatable bonds is 7. The van der Waals surface area contributed by atoms with E-state index in [4.69, 9.17) is 0 Å². The molecule has 0 bridgehead atoms. The van der Waals surface area contributed by atoms with E-state index >= 15 is 0 Å². The molecule has 0 aromatic rings. The summed E-state index contributed by atoms with van der Waals surface area (Å²) in [4.78, 5) is 0. The van der Waals surface area contributed by atoms with E-state index in [-0.39, 0.29) is 0 Å². The van der Waals surface area contributed by atoms with Crippen molar-refractivity contribution in [2.24, 2.45) is 11.8 Å². The Kier molecular flexibility index (Phi) is 7.29. The van der Waals surface area contributed by atoms with Crippen molar-refractivity contribution >= 4 is 0 Å². The van der Waals surface area contributed by atoms with Crippen LogP contribution in [0.5, 0.6) is 0 Å². The standard InChI is InChI=1S/C11H26N2/c1-6-10(8-12-4)11(13-5)7-9(2)3/h9-13H,6-8H2,1-5H3. The van der Waals surface area contributed by atoms with E-state index in [1.807, 2.05) is 7.05 Å². The molecule has 0 aromatic heterocycles. The first-order chi connectivity index (χ1) is 6.15. The molecule has 0 aliphatic carbocycles. The van der Waals surface area contributed by atoms with Crippen LogP contribution in [0, 0.1) is 11.8 Å². The molecule has 13 heavy (non-hydrogen) atoms. The molecule has 2 unspecified atom stereocenters. The molecule has 0 saturated carbocycles. The zero-order valence-corrected chi connectivity index (χ0v) is 9.85. The van der Waals surface area contributed by atoms with E-state index in [9.17, 15) is 0 Å². The molecule has 2 nitrogen and oxygen atoms in total. The Hall–Kier alpha value is -0.0800. The van der Waals surface area contributed by atoms with Gasteiger partial charge in [0.1, 0.15) is 0 Å². The largest absolute Gasteiger partial charge is 0.319 e. The molecule has 0 amide bonds. The first kappa shape index (κ1) is 12.9. The molecule has 0 fully saturated rings. The predicted octanol–water partition coefficient (Wildman–Crippen LogP) is 1.87. The maximum Gasteiger partial charge on any atom is 0.0107 e. The second kappa shape index (κ2) is 7.34. The highest BCUT2D eigenvalue weighted by Crippen LogP contribution is 2.15. The summed E-state index contributed by atoms with van der Waals surface area (Å²) >= 11 is 0. The van der Waals surface area contributed by atoms with E-state index in [0.29, 0.717) is 6.04 Å². The summed E-state index contributed by atoms with van der Waals surface area (Å²) in [5, 5.41) is 6.70. The highest BCUT2D eigenvalue weighted by Gasteiger charge is 2.18. The number of nitrogens with one attached hydrogen (secondary N) is 2. The van der Waals surface area contributed by atoms with Crippen LogP contribution in [-0.4, -0.2) is 26.7 Å². The molecular weight excluding hydrogens is 160 g/mol. The summed E-state index contributed by atoms with van der Waals surface area (Å²) in [6, 6.07) is 0.664. The Balaban J connectivity index is 4.00. The van der Waals surface area contributed by atoms with Gasteiger partial charge in [-0.3, -0.25) is 0 Å². The Morgan fingerprint density at radius 1 is 1.15 bits per heavy atom. The Morgan fingerprint density at radius 2 is 1.77 bits per heavy atom. The minimum atomic E-state index is 0.664. The quantitative estimate of drug-likeness (QED) is 0.634. The highest BCUT2D eigenvalue weighted by molar-refractivity contribution is 4.76. The van der Waals surface area contributed by atoms with Gasteiger partial charge in [0.2, 0.25) is 0 Å². The van der Waals surface area contributed by atoms with E-state index in [2.05, 4.69) is 38.5 Å². The average molecular weight is 186 g/mol. The van der Waals surface area contributed by atoms with Crippen molar-refractivity contribution in [2.75, 3.05) is 20.6 Å². The average Bonchev–Trinajstić information content (AvgIpc) is 2.10. The second-order valence-electron chi connectivity index (χ2n) is 4.25. The van der Waals surface area contributed by atoms with Crippen LogP contribution >= 0.6 is 0 Å². The summed E-state index contributed by atoms with van der Waals surface area (Å²) in [7, 11) is 4.11. The third kappa shape index (κ3) is 5.27. The molecule has 80 valence electrons. The SMILES string of the molecule is CCC(CNC)C(CC(C)C)NC. The van der Waals surface area contributed by atoms with Crippen LogP contribution in [0.25, 0.3) is 0 Å². The monoisotopic (exact) mass is 186 g/mol. The summed E-state index contributed by atoms with van der Waals surface area (Å²) in [5.41, 5.74) is 0. The van der Waals surface area contributed by atoms with E-state index < -0.39 is 0 Å². The second-order valence-corrected chi connectivity index (χ2v) is 4.25. The fourth-order valence-corrected chi connectivity index (χ4v) is 1.89. The maximum atomic E-state index is 3.43. The van der Waals surface area contributed by atoms with Gasteiger partial charge >= 0.3 is 0 Å². The van der Waals surface area contributed by atoms with Gasteiger partial charge in [-0.15, -0.1) is 0 Å². The van der Waals surface area contributed by atoms with E-state index in [1.165, 1.54) is 12.8 Å². The molecule has 0 radical (unpaired) electrons. The molecule has 0 saturated heterocycles. The number of hydrogen-bond acceptors (Lipinski definition) is 2. The van der Waals surface area contributed by atoms with Gasteiger partial charge < -0.3 is 10.6 Å². The van der Waals surface area contributed by atoms with Gasteiger partial charge in [0.05, 0.1) is 0 Å². The molecule has 0 rings (SSSR count). The molecule has 0 aromatic carbocycles. The van der Waals surface area contributed by atoms with Gasteiger partial charge in [-0.2, -0.15) is 0 Å². The van der Waals surface area contributed by atoms with Crippen molar-refractivity contribution in [3.8, 4) is 0 Å². The highest BCUT2D eigenvalue weighted by atomic mass is 14.9. The lowest BCUT2D eigenvalue weighted by Crippen LogP contribution is -2.39. The van der Waals surface area contributed by atoms with Crippen LogP contribution in [0.1, 0.15) is 33.6 Å². The zero-order chi connectivity index (χ0) is 10.3. The van der Waals surface area contributed by atoms with Gasteiger partial charge in [-0.1, -0.05) is 27.2 Å². The zero-order valence-electron chi connectivity index (χ0n) is 9.85. The topological polar surface area (TPSA) is 24.1 Å². The van der Waals surface area contributed by atoms with Gasteiger partial charge in [0.25, 0.3) is 0 Å². The van der Waals surface area contributed by atoms with Gasteiger partial charge in [0, 0.05) is 6.04 Å². The lowest BCUT2D eigenvalue weighted by Gasteiger charge is -2.27. The summed E-state index contributed by atoms with van der Waals surface area (Å²) in [6.45, 7) is 7.97. The normalized spacial score (nSPS) is 16.2. The van der Waals surface area contributed by atoms with Crippen LogP contribution < -0.4 is 10.6 Å². The first-order valence-electron chi connectivity index (χ1n) is 5.47. The third-order valence-corrected chi connectivity index (χ3v) is 2.66. The predicted molar refractivity (Wildman–Crippen MR) is 60.0 cm³/mol. The molecular formula is C11H26N2. The molecule has 0 aliphatic heterocycles. The lowest BCUT2D eigenvalue weighted by molar-refractivity contribution is 0.307. The van der Waals surface area contributed by atoms with Crippen molar-refractivity contribution < 1.29 is 0 Å². The van der Waals surface area contributed by atoms with Crippen molar-refractivity contribution in [2.45, 2.75) is 39.7 Å². The van der Waals surface area contributed by atoms with Crippen molar-refractivity contribution in [3.05, 3.63) is 0 Å². The minimum absolute atomic E-state index is 0.664. The minimum Gasteiger partial charge on any atom is -0.319 e. The summed E-state index contributed by atoms with van der Waals surface area (Å²) in [5.74, 6) is 1.54. The smallest absolute Gasteiger partial charge is 0.0107 e. The Bertz CT molecular complexity index is 113. The van der Waals surface area contributed by atoms with E-state index in [0.717, 1.165) is 18.4 Å². The molecule has 2 atom stereocenters. The van der Waals surface area contributed by atoms with Gasteiger partial charge in [-0.05, 0) is 38.9 Å². The Labute approximate surface area is 83.5 Å². The molecule has 0 aliphatic rings.